The van der Waals surface area contributed by atoms with Crippen LogP contribution in [0.15, 0.2) is 0 Å². The molecule has 0 aromatic carbocycles. The van der Waals surface area contributed by atoms with Gasteiger partial charge in [-0.3, -0.25) is 4.48 Å². The quantitative estimate of drug-likeness (QED) is 0.519. The number of amides is 1. The normalized spacial score (nSPS) is 11.6. The molecule has 0 aromatic heterocycles. The fourth-order valence-corrected chi connectivity index (χ4v) is 0.431. The number of aliphatic hydroxyl groups is 1. The van der Waals surface area contributed by atoms with Crippen LogP contribution in [0, 0.1) is 0 Å². The molecule has 0 fully saturated rings. The molecule has 9 heavy (non-hydrogen) atoms. The van der Waals surface area contributed by atoms with E-state index in [0.717, 1.165) is 0 Å². The van der Waals surface area contributed by atoms with Crippen molar-refractivity contribution in [3.63, 3.8) is 0 Å². The standard InChI is InChI=1S/C6H14NO2/c1-7(2,3)6(9)4-5-8/h8H,4-5H2,1-3H3/q+1. The van der Waals surface area contributed by atoms with Crippen molar-refractivity contribution in [1.82, 2.24) is 0 Å². The molecule has 0 radical (unpaired) electrons. The van der Waals surface area contributed by atoms with Gasteiger partial charge in [-0.2, -0.15) is 0 Å². The van der Waals surface area contributed by atoms with Gasteiger partial charge in [-0.05, 0) is 0 Å². The first-order chi connectivity index (χ1) is 3.98. The highest BCUT2D eigenvalue weighted by Crippen LogP contribution is 1.94. The van der Waals surface area contributed by atoms with Gasteiger partial charge in [0.15, 0.2) is 0 Å². The van der Waals surface area contributed by atoms with Crippen LogP contribution in [0.1, 0.15) is 6.42 Å². The second kappa shape index (κ2) is 2.94. The van der Waals surface area contributed by atoms with Crippen LogP contribution in [0.25, 0.3) is 0 Å². The van der Waals surface area contributed by atoms with Crippen LogP contribution in [0.5, 0.6) is 0 Å². The summed E-state index contributed by atoms with van der Waals surface area (Å²) in [5.41, 5.74) is 0. The maximum atomic E-state index is 10.9. The Balaban J connectivity index is 3.74. The lowest BCUT2D eigenvalue weighted by molar-refractivity contribution is -0.792. The van der Waals surface area contributed by atoms with E-state index in [0.29, 0.717) is 4.48 Å². The molecule has 0 saturated carbocycles. The fourth-order valence-electron chi connectivity index (χ4n) is 0.431. The molecule has 1 amide bonds. The Morgan fingerprint density at radius 1 is 1.44 bits per heavy atom. The van der Waals surface area contributed by atoms with Gasteiger partial charge in [0, 0.05) is 0 Å². The van der Waals surface area contributed by atoms with Crippen molar-refractivity contribution in [2.75, 3.05) is 27.7 Å². The van der Waals surface area contributed by atoms with Crippen LogP contribution < -0.4 is 0 Å². The van der Waals surface area contributed by atoms with Gasteiger partial charge in [0.05, 0.1) is 34.2 Å². The zero-order valence-electron chi connectivity index (χ0n) is 6.22. The highest BCUT2D eigenvalue weighted by atomic mass is 16.3. The Morgan fingerprint density at radius 2 is 1.89 bits per heavy atom. The maximum Gasteiger partial charge on any atom is 0.315 e. The molecule has 1 N–H and O–H groups in total. The average molecular weight is 132 g/mol. The lowest BCUT2D eigenvalue weighted by Gasteiger charge is -2.19. The zero-order valence-corrected chi connectivity index (χ0v) is 6.22. The molecular weight excluding hydrogens is 118 g/mol. The molecule has 0 unspecified atom stereocenters. The second-order valence-corrected chi connectivity index (χ2v) is 2.88. The molecule has 3 heteroatoms. The maximum absolute atomic E-state index is 10.9. The summed E-state index contributed by atoms with van der Waals surface area (Å²) in [5, 5.41) is 8.37. The lowest BCUT2D eigenvalue weighted by atomic mass is 10.4. The third-order valence-electron chi connectivity index (χ3n) is 1.07. The molecule has 0 aromatic rings. The van der Waals surface area contributed by atoms with Gasteiger partial charge in [-0.1, -0.05) is 0 Å². The summed E-state index contributed by atoms with van der Waals surface area (Å²) < 4.78 is 0.292. The topological polar surface area (TPSA) is 37.3 Å². The SMILES string of the molecule is C[N+](C)(C)C(=O)CCO. The van der Waals surface area contributed by atoms with Crippen molar-refractivity contribution in [2.45, 2.75) is 6.42 Å². The number of hydrogen-bond donors (Lipinski definition) is 1. The van der Waals surface area contributed by atoms with Crippen molar-refractivity contribution < 1.29 is 14.4 Å². The zero-order chi connectivity index (χ0) is 7.49. The highest BCUT2D eigenvalue weighted by Gasteiger charge is 2.18. The predicted molar refractivity (Wildman–Crippen MR) is 34.7 cm³/mol. The number of quaternary nitrogens is 1. The molecule has 0 aliphatic heterocycles. The Hall–Kier alpha value is -0.410. The summed E-state index contributed by atoms with van der Waals surface area (Å²) in [6.07, 6.45) is 0.253. The first-order valence-electron chi connectivity index (χ1n) is 2.94. The summed E-state index contributed by atoms with van der Waals surface area (Å²) in [6.45, 7) is -0.0473. The molecule has 0 saturated heterocycles. The van der Waals surface area contributed by atoms with Gasteiger partial charge >= 0.3 is 5.91 Å². The van der Waals surface area contributed by atoms with Gasteiger partial charge in [0.1, 0.15) is 0 Å². The van der Waals surface area contributed by atoms with Crippen LogP contribution in [-0.2, 0) is 4.79 Å². The van der Waals surface area contributed by atoms with Crippen molar-refractivity contribution in [2.24, 2.45) is 0 Å². The van der Waals surface area contributed by atoms with E-state index in [-0.39, 0.29) is 18.9 Å². The van der Waals surface area contributed by atoms with Crippen molar-refractivity contribution in [1.29, 1.82) is 0 Å². The number of carbonyl (C=O) groups is 1. The van der Waals surface area contributed by atoms with Crippen LogP contribution in [0.4, 0.5) is 0 Å². The molecule has 0 atom stereocenters. The molecular formula is C6H14NO2+. The number of carbonyl (C=O) groups excluding carboxylic acids is 1. The third kappa shape index (κ3) is 3.21. The number of hydrogen-bond acceptors (Lipinski definition) is 2. The average Bonchev–Trinajstić information content (AvgIpc) is 1.64. The lowest BCUT2D eigenvalue weighted by Crippen LogP contribution is -2.41. The van der Waals surface area contributed by atoms with E-state index in [9.17, 15) is 4.79 Å². The van der Waals surface area contributed by atoms with Crippen molar-refractivity contribution in [3.05, 3.63) is 0 Å². The molecule has 0 spiro atoms. The Bertz CT molecular complexity index is 104. The van der Waals surface area contributed by atoms with Gasteiger partial charge < -0.3 is 5.11 Å². The first-order valence-corrected chi connectivity index (χ1v) is 2.94. The minimum atomic E-state index is -0.0473. The molecule has 0 heterocycles. The highest BCUT2D eigenvalue weighted by molar-refractivity contribution is 5.68. The summed E-state index contributed by atoms with van der Waals surface area (Å²) >= 11 is 0. The Labute approximate surface area is 55.5 Å². The number of nitrogens with zero attached hydrogens (tertiary/aromatic N) is 1. The molecule has 0 aliphatic carbocycles. The van der Waals surface area contributed by atoms with E-state index in [2.05, 4.69) is 0 Å². The number of rotatable bonds is 2. The van der Waals surface area contributed by atoms with Crippen LogP contribution in [0.2, 0.25) is 0 Å². The second-order valence-electron chi connectivity index (χ2n) is 2.88. The molecule has 3 nitrogen and oxygen atoms in total. The van der Waals surface area contributed by atoms with E-state index in [1.807, 2.05) is 0 Å². The smallest absolute Gasteiger partial charge is 0.315 e. The summed E-state index contributed by atoms with van der Waals surface area (Å²) in [4.78, 5) is 10.9. The van der Waals surface area contributed by atoms with Crippen molar-refractivity contribution in [3.8, 4) is 0 Å². The minimum Gasteiger partial charge on any atom is -0.396 e. The molecule has 0 bridgehead atoms. The minimum absolute atomic E-state index is 0.0473. The summed E-state index contributed by atoms with van der Waals surface area (Å²) in [7, 11) is 5.37. The van der Waals surface area contributed by atoms with Gasteiger partial charge in [-0.15, -0.1) is 0 Å². The van der Waals surface area contributed by atoms with Crippen LogP contribution in [0.3, 0.4) is 0 Å². The van der Waals surface area contributed by atoms with Crippen LogP contribution >= 0.6 is 0 Å². The molecule has 54 valence electrons. The predicted octanol–water partition coefficient (Wildman–Crippen LogP) is -0.398. The van der Waals surface area contributed by atoms with E-state index in [1.165, 1.54) is 0 Å². The molecule has 0 aliphatic rings. The Kier molecular flexibility index (Phi) is 2.81. The van der Waals surface area contributed by atoms with Gasteiger partial charge in [-0.25, -0.2) is 4.79 Å². The van der Waals surface area contributed by atoms with E-state index < -0.39 is 0 Å². The fraction of sp³-hybridized carbons (Fsp3) is 0.833. The van der Waals surface area contributed by atoms with Gasteiger partial charge in [0.2, 0.25) is 0 Å². The van der Waals surface area contributed by atoms with E-state index in [4.69, 9.17) is 5.11 Å². The third-order valence-corrected chi connectivity index (χ3v) is 1.07. The van der Waals surface area contributed by atoms with Gasteiger partial charge in [0.25, 0.3) is 0 Å². The summed E-state index contributed by atoms with van der Waals surface area (Å²) in [6, 6.07) is 0. The van der Waals surface area contributed by atoms with E-state index in [1.54, 1.807) is 21.1 Å². The van der Waals surface area contributed by atoms with Crippen molar-refractivity contribution >= 4 is 5.91 Å². The monoisotopic (exact) mass is 132 g/mol. The van der Waals surface area contributed by atoms with E-state index >= 15 is 0 Å². The number of aliphatic hydroxyl groups excluding tert-OH is 1. The first kappa shape index (κ1) is 8.59. The molecule has 0 rings (SSSR count). The summed E-state index contributed by atoms with van der Waals surface area (Å²) in [5.74, 6) is 0.0532. The Morgan fingerprint density at radius 3 is 2.00 bits per heavy atom. The largest absolute Gasteiger partial charge is 0.396 e. The van der Waals surface area contributed by atoms with Crippen LogP contribution in [-0.4, -0.2) is 43.2 Å².